The molecule has 11 heteroatoms. The number of anilines is 2. The van der Waals surface area contributed by atoms with Gasteiger partial charge < -0.3 is 10.6 Å². The number of carbonyl (C=O) groups excluding carboxylic acids is 2. The van der Waals surface area contributed by atoms with Gasteiger partial charge in [-0.05, 0) is 106 Å². The zero-order chi connectivity index (χ0) is 34.4. The van der Waals surface area contributed by atoms with E-state index in [4.69, 9.17) is 5.10 Å². The van der Waals surface area contributed by atoms with E-state index in [0.717, 1.165) is 46.5 Å². The van der Waals surface area contributed by atoms with Crippen LogP contribution in [0.5, 0.6) is 0 Å². The van der Waals surface area contributed by atoms with Crippen molar-refractivity contribution in [1.29, 1.82) is 0 Å². The average molecular weight is 675 g/mol. The monoisotopic (exact) mass is 674 g/mol. The molecule has 3 aromatic carbocycles. The fourth-order valence-electron chi connectivity index (χ4n) is 6.49. The quantitative estimate of drug-likeness (QED) is 0.183. The number of hydrogen-bond acceptors (Lipinski definition) is 5. The SMILES string of the molecule is Cc1ccc(-n2nc(C(=O)Nc3sc4c(c3C(=O)Nc3c(C)n(C)n(-c5ccccc5)c3=O)CCCC4)cc2-c2ccc(F)cc2)c(C)c1. The summed E-state index contributed by atoms with van der Waals surface area (Å²) in [5.74, 6) is -1.30. The summed E-state index contributed by atoms with van der Waals surface area (Å²) in [6, 6.07) is 22.9. The number of nitrogens with one attached hydrogen (secondary N) is 2. The Balaban J connectivity index is 1.25. The van der Waals surface area contributed by atoms with Crippen LogP contribution in [0.3, 0.4) is 0 Å². The first kappa shape index (κ1) is 32.0. The van der Waals surface area contributed by atoms with Crippen LogP contribution < -0.4 is 16.2 Å². The number of halogens is 1. The Hall–Kier alpha value is -5.55. The highest BCUT2D eigenvalue weighted by Gasteiger charge is 2.29. The van der Waals surface area contributed by atoms with Crippen LogP contribution in [0.25, 0.3) is 22.6 Å². The van der Waals surface area contributed by atoms with Crippen molar-refractivity contribution in [2.75, 3.05) is 10.6 Å². The van der Waals surface area contributed by atoms with Crippen molar-refractivity contribution in [3.05, 3.63) is 134 Å². The van der Waals surface area contributed by atoms with Crippen LogP contribution in [0.4, 0.5) is 15.1 Å². The largest absolute Gasteiger partial charge is 0.316 e. The van der Waals surface area contributed by atoms with E-state index in [-0.39, 0.29) is 22.8 Å². The second kappa shape index (κ2) is 12.8. The maximum absolute atomic E-state index is 14.1. The number of thiophene rings is 1. The zero-order valence-electron chi connectivity index (χ0n) is 27.6. The number of aryl methyl sites for hydroxylation is 3. The summed E-state index contributed by atoms with van der Waals surface area (Å²) in [7, 11) is 1.77. The molecule has 2 N–H and O–H groups in total. The number of rotatable bonds is 7. The highest BCUT2D eigenvalue weighted by Crippen LogP contribution is 2.39. The molecule has 3 aromatic heterocycles. The molecule has 7 rings (SSSR count). The van der Waals surface area contributed by atoms with Gasteiger partial charge in [0.05, 0.1) is 28.3 Å². The molecule has 2 amide bonds. The minimum Gasteiger partial charge on any atom is -0.316 e. The number of para-hydroxylation sites is 1. The smallest absolute Gasteiger partial charge is 0.295 e. The second-order valence-corrected chi connectivity index (χ2v) is 13.5. The summed E-state index contributed by atoms with van der Waals surface area (Å²) in [5, 5.41) is 11.0. The Labute approximate surface area is 286 Å². The molecule has 1 aliphatic carbocycles. The first-order valence-electron chi connectivity index (χ1n) is 16.2. The van der Waals surface area contributed by atoms with Crippen LogP contribution in [-0.4, -0.2) is 31.0 Å². The van der Waals surface area contributed by atoms with Crippen molar-refractivity contribution in [2.24, 2.45) is 7.05 Å². The lowest BCUT2D eigenvalue weighted by Crippen LogP contribution is -2.24. The summed E-state index contributed by atoms with van der Waals surface area (Å²) < 4.78 is 18.8. The first-order chi connectivity index (χ1) is 23.6. The molecule has 248 valence electrons. The van der Waals surface area contributed by atoms with E-state index < -0.39 is 11.8 Å². The minimum atomic E-state index is -0.484. The van der Waals surface area contributed by atoms with Gasteiger partial charge in [0.2, 0.25) is 0 Å². The molecule has 9 nitrogen and oxygen atoms in total. The van der Waals surface area contributed by atoms with Crippen molar-refractivity contribution in [3.8, 4) is 22.6 Å². The number of carbonyl (C=O) groups is 2. The van der Waals surface area contributed by atoms with E-state index in [1.807, 2.05) is 62.4 Å². The summed E-state index contributed by atoms with van der Waals surface area (Å²) in [4.78, 5) is 42.7. The number of amides is 2. The van der Waals surface area contributed by atoms with E-state index in [0.29, 0.717) is 39.6 Å². The average Bonchev–Trinajstić information content (AvgIpc) is 3.75. The lowest BCUT2D eigenvalue weighted by molar-refractivity contribution is 0.102. The van der Waals surface area contributed by atoms with Crippen LogP contribution in [-0.2, 0) is 19.9 Å². The number of aromatic nitrogens is 4. The van der Waals surface area contributed by atoms with Crippen molar-refractivity contribution in [1.82, 2.24) is 19.1 Å². The van der Waals surface area contributed by atoms with Crippen molar-refractivity contribution in [2.45, 2.75) is 46.5 Å². The van der Waals surface area contributed by atoms with Crippen LogP contribution >= 0.6 is 11.3 Å². The molecule has 6 aromatic rings. The van der Waals surface area contributed by atoms with Gasteiger partial charge in [0.15, 0.2) is 5.69 Å². The molecule has 0 atom stereocenters. The van der Waals surface area contributed by atoms with Gasteiger partial charge in [-0.3, -0.25) is 19.1 Å². The Morgan fingerprint density at radius 3 is 2.35 bits per heavy atom. The first-order valence-corrected chi connectivity index (χ1v) is 17.0. The van der Waals surface area contributed by atoms with Gasteiger partial charge in [-0.25, -0.2) is 13.8 Å². The predicted octanol–water partition coefficient (Wildman–Crippen LogP) is 7.54. The Bertz CT molecular complexity index is 2300. The Morgan fingerprint density at radius 1 is 0.878 bits per heavy atom. The standard InChI is InChI=1S/C38H35FN6O3S/c1-22-14-19-30(23(2)20-22)44-31(25-15-17-26(39)18-16-25)21-29(42-44)35(46)41-37-33(28-12-8-9-13-32(28)49-37)36(47)40-34-24(3)43(4)45(38(34)48)27-10-6-5-7-11-27/h5-7,10-11,14-21H,8-9,12-13H2,1-4H3,(H,40,47)(H,41,46). The zero-order valence-corrected chi connectivity index (χ0v) is 28.5. The van der Waals surface area contributed by atoms with Gasteiger partial charge in [-0.15, -0.1) is 11.3 Å². The van der Waals surface area contributed by atoms with E-state index in [1.165, 1.54) is 28.2 Å². The molecule has 0 saturated heterocycles. The van der Waals surface area contributed by atoms with Gasteiger partial charge in [0.1, 0.15) is 16.5 Å². The fraction of sp³-hybridized carbons (Fsp3) is 0.211. The molecular weight excluding hydrogens is 640 g/mol. The molecule has 3 heterocycles. The molecule has 49 heavy (non-hydrogen) atoms. The number of fused-ring (bicyclic) bond motifs is 1. The van der Waals surface area contributed by atoms with Gasteiger partial charge in [-0.2, -0.15) is 5.10 Å². The Morgan fingerprint density at radius 2 is 1.61 bits per heavy atom. The van der Waals surface area contributed by atoms with Crippen molar-refractivity contribution in [3.63, 3.8) is 0 Å². The van der Waals surface area contributed by atoms with Crippen molar-refractivity contribution < 1.29 is 14.0 Å². The summed E-state index contributed by atoms with van der Waals surface area (Å²) >= 11 is 1.39. The normalized spacial score (nSPS) is 12.5. The highest BCUT2D eigenvalue weighted by atomic mass is 32.1. The molecule has 0 unspecified atom stereocenters. The molecule has 0 spiro atoms. The van der Waals surface area contributed by atoms with Crippen LogP contribution in [0.2, 0.25) is 0 Å². The number of benzene rings is 3. The molecule has 0 bridgehead atoms. The third-order valence-corrected chi connectivity index (χ3v) is 10.3. The van der Waals surface area contributed by atoms with Gasteiger partial charge in [0.25, 0.3) is 17.4 Å². The maximum Gasteiger partial charge on any atom is 0.295 e. The number of hydrogen-bond donors (Lipinski definition) is 2. The predicted molar refractivity (Wildman–Crippen MR) is 191 cm³/mol. The summed E-state index contributed by atoms with van der Waals surface area (Å²) in [6.45, 7) is 5.77. The molecule has 0 radical (unpaired) electrons. The van der Waals surface area contributed by atoms with Crippen molar-refractivity contribution >= 4 is 33.8 Å². The lowest BCUT2D eigenvalue weighted by atomic mass is 9.95. The van der Waals surface area contributed by atoms with E-state index in [2.05, 4.69) is 10.6 Å². The number of nitrogens with zero attached hydrogens (tertiary/aromatic N) is 4. The highest BCUT2D eigenvalue weighted by molar-refractivity contribution is 7.17. The van der Waals surface area contributed by atoms with Crippen LogP contribution in [0.1, 0.15) is 60.9 Å². The molecule has 0 fully saturated rings. The molecule has 0 saturated carbocycles. The summed E-state index contributed by atoms with van der Waals surface area (Å²) in [6.07, 6.45) is 3.41. The second-order valence-electron chi connectivity index (χ2n) is 12.4. The third-order valence-electron chi connectivity index (χ3n) is 9.08. The summed E-state index contributed by atoms with van der Waals surface area (Å²) in [5.41, 5.74) is 6.67. The van der Waals surface area contributed by atoms with E-state index in [1.54, 1.807) is 41.5 Å². The minimum absolute atomic E-state index is 0.140. The van der Waals surface area contributed by atoms with E-state index >= 15 is 0 Å². The van der Waals surface area contributed by atoms with Gasteiger partial charge in [0, 0.05) is 17.5 Å². The molecule has 0 aliphatic heterocycles. The lowest BCUT2D eigenvalue weighted by Gasteiger charge is -2.13. The van der Waals surface area contributed by atoms with Crippen LogP contribution in [0, 0.1) is 26.6 Å². The van der Waals surface area contributed by atoms with Gasteiger partial charge >= 0.3 is 0 Å². The maximum atomic E-state index is 14.1. The topological polar surface area (TPSA) is 103 Å². The fourth-order valence-corrected chi connectivity index (χ4v) is 7.78. The molecule has 1 aliphatic rings. The third kappa shape index (κ3) is 5.91. The van der Waals surface area contributed by atoms with Crippen LogP contribution in [0.15, 0.2) is 83.7 Å². The Kier molecular flexibility index (Phi) is 8.37. The van der Waals surface area contributed by atoms with Gasteiger partial charge in [-0.1, -0.05) is 35.9 Å². The van der Waals surface area contributed by atoms with E-state index in [9.17, 15) is 18.8 Å². The molecular formula is C38H35FN6O3S.